The zero-order valence-corrected chi connectivity index (χ0v) is 26.1. The third kappa shape index (κ3) is 18.0. The molecule has 0 spiro atoms. The molecule has 0 amide bonds. The van der Waals surface area contributed by atoms with Crippen molar-refractivity contribution in [1.82, 2.24) is 19.1 Å². The van der Waals surface area contributed by atoms with Crippen LogP contribution in [0.1, 0.15) is 63.0 Å². The van der Waals surface area contributed by atoms with E-state index in [2.05, 4.69) is 9.97 Å². The Hall–Kier alpha value is -2.52. The molecule has 2 aromatic rings. The summed E-state index contributed by atoms with van der Waals surface area (Å²) in [5.41, 5.74) is 0. The van der Waals surface area contributed by atoms with Crippen LogP contribution in [-0.2, 0) is 33.2 Å². The number of carbonyl (C=O) groups is 2. The lowest BCUT2D eigenvalue weighted by Crippen LogP contribution is -2.28. The Morgan fingerprint density at radius 3 is 1.44 bits per heavy atom. The van der Waals surface area contributed by atoms with Gasteiger partial charge in [-0.05, 0) is 40.5 Å². The molecule has 2 aromatic heterocycles. The number of hydrogen-bond acceptors (Lipinski definition) is 11. The van der Waals surface area contributed by atoms with E-state index in [1.807, 2.05) is 27.7 Å². The van der Waals surface area contributed by atoms with Crippen LogP contribution in [-0.4, -0.2) is 121 Å². The highest BCUT2D eigenvalue weighted by Crippen LogP contribution is 2.03. The molecule has 13 nitrogen and oxygen atoms in total. The van der Waals surface area contributed by atoms with Gasteiger partial charge in [-0.1, -0.05) is 0 Å². The molecule has 0 fully saturated rings. The Labute approximate surface area is 255 Å². The van der Waals surface area contributed by atoms with Gasteiger partial charge >= 0.3 is 0 Å². The maximum Gasteiger partial charge on any atom is 0.231 e. The Morgan fingerprint density at radius 2 is 0.977 bits per heavy atom. The lowest BCUT2D eigenvalue weighted by Gasteiger charge is -2.21. The number of aromatic nitrogens is 4. The van der Waals surface area contributed by atoms with Crippen LogP contribution in [0, 0.1) is 0 Å². The minimum Gasteiger partial charge on any atom is -0.379 e. The monoisotopic (exact) mass is 610 g/mol. The van der Waals surface area contributed by atoms with E-state index in [1.54, 1.807) is 24.8 Å². The van der Waals surface area contributed by atoms with Crippen molar-refractivity contribution in [2.24, 2.45) is 0 Å². The van der Waals surface area contributed by atoms with Crippen molar-refractivity contribution in [2.45, 2.75) is 77.8 Å². The first-order valence-corrected chi connectivity index (χ1v) is 15.1. The number of rotatable bonds is 26. The molecule has 4 atom stereocenters. The Balaban J connectivity index is 1.34. The molecule has 0 aliphatic rings. The largest absolute Gasteiger partial charge is 0.379 e. The smallest absolute Gasteiger partial charge is 0.231 e. The summed E-state index contributed by atoms with van der Waals surface area (Å²) < 4.78 is 42.9. The summed E-state index contributed by atoms with van der Waals surface area (Å²) in [5, 5.41) is 0. The SMILES string of the molecule is CC(COCCOCCCC(=O)n1ccnc1)OCC(C)OCC(C)OCC(C)OCCOCCCC(=O)n1ccnc1. The Kier molecular flexibility index (Phi) is 19.6. The fraction of sp³-hybridized carbons (Fsp3) is 0.733. The first-order chi connectivity index (χ1) is 20.8. The molecule has 43 heavy (non-hydrogen) atoms. The van der Waals surface area contributed by atoms with E-state index >= 15 is 0 Å². The summed E-state index contributed by atoms with van der Waals surface area (Å²) in [6.07, 6.45) is 11.3. The quantitative estimate of drug-likeness (QED) is 0.145. The lowest BCUT2D eigenvalue weighted by atomic mass is 10.3. The van der Waals surface area contributed by atoms with E-state index in [9.17, 15) is 9.59 Å². The molecule has 0 saturated carbocycles. The molecular weight excluding hydrogens is 560 g/mol. The molecule has 13 heteroatoms. The van der Waals surface area contributed by atoms with E-state index < -0.39 is 0 Å². The van der Waals surface area contributed by atoms with Crippen LogP contribution in [0.2, 0.25) is 0 Å². The highest BCUT2D eigenvalue weighted by molar-refractivity contribution is 5.78. The van der Waals surface area contributed by atoms with E-state index in [-0.39, 0.29) is 36.2 Å². The third-order valence-corrected chi connectivity index (χ3v) is 6.14. The van der Waals surface area contributed by atoms with Crippen molar-refractivity contribution < 1.29 is 42.7 Å². The average molecular weight is 611 g/mol. The number of ether oxygens (including phenoxy) is 7. The van der Waals surface area contributed by atoms with E-state index in [4.69, 9.17) is 33.2 Å². The maximum absolute atomic E-state index is 11.9. The van der Waals surface area contributed by atoms with Crippen molar-refractivity contribution in [2.75, 3.05) is 66.1 Å². The third-order valence-electron chi connectivity index (χ3n) is 6.14. The van der Waals surface area contributed by atoms with Gasteiger partial charge in [-0.25, -0.2) is 9.97 Å². The van der Waals surface area contributed by atoms with Gasteiger partial charge in [-0.3, -0.25) is 18.7 Å². The van der Waals surface area contributed by atoms with Crippen LogP contribution < -0.4 is 0 Å². The molecule has 0 bridgehead atoms. The summed E-state index contributed by atoms with van der Waals surface area (Å²) in [6, 6.07) is 0. The summed E-state index contributed by atoms with van der Waals surface area (Å²) in [5.74, 6) is 0.0131. The van der Waals surface area contributed by atoms with Crippen LogP contribution in [0.3, 0.4) is 0 Å². The first kappa shape index (κ1) is 36.7. The standard InChI is InChI=1S/C30H50N4O9/c1-25(19-39-16-15-37-13-5-7-29(35)33-11-9-31-23-33)41-21-27(3)43-22-28(4)42-20-26(2)40-18-17-38-14-6-8-30(36)34-12-10-32-24-34/h9-12,23-28H,5-8,13-22H2,1-4H3. The fourth-order valence-electron chi connectivity index (χ4n) is 3.69. The van der Waals surface area contributed by atoms with Gasteiger partial charge in [0.15, 0.2) is 0 Å². The average Bonchev–Trinajstić information content (AvgIpc) is 3.74. The normalized spacial score (nSPS) is 14.4. The number of nitrogens with zero attached hydrogens (tertiary/aromatic N) is 4. The molecule has 2 heterocycles. The lowest BCUT2D eigenvalue weighted by molar-refractivity contribution is -0.0955. The van der Waals surface area contributed by atoms with Crippen molar-refractivity contribution >= 4 is 11.8 Å². The Morgan fingerprint density at radius 1 is 0.558 bits per heavy atom. The maximum atomic E-state index is 11.9. The van der Waals surface area contributed by atoms with Crippen LogP contribution >= 0.6 is 0 Å². The Bertz CT molecular complexity index is 959. The predicted molar refractivity (Wildman–Crippen MR) is 158 cm³/mol. The molecule has 0 aliphatic heterocycles. The van der Waals surface area contributed by atoms with Crippen LogP contribution in [0.4, 0.5) is 0 Å². The second-order valence-electron chi connectivity index (χ2n) is 10.3. The molecule has 2 rings (SSSR count). The van der Waals surface area contributed by atoms with Gasteiger partial charge in [0.1, 0.15) is 12.7 Å². The first-order valence-electron chi connectivity index (χ1n) is 15.1. The van der Waals surface area contributed by atoms with Crippen molar-refractivity contribution in [3.05, 3.63) is 37.4 Å². The van der Waals surface area contributed by atoms with E-state index in [0.717, 1.165) is 0 Å². The zero-order chi connectivity index (χ0) is 31.1. The fourth-order valence-corrected chi connectivity index (χ4v) is 3.69. The molecule has 0 aromatic carbocycles. The second kappa shape index (κ2) is 22.9. The molecule has 0 aliphatic carbocycles. The number of carbonyl (C=O) groups excluding carboxylic acids is 2. The van der Waals surface area contributed by atoms with E-state index in [0.29, 0.717) is 91.8 Å². The van der Waals surface area contributed by atoms with Gasteiger partial charge < -0.3 is 33.2 Å². The van der Waals surface area contributed by atoms with Crippen molar-refractivity contribution in [3.63, 3.8) is 0 Å². The highest BCUT2D eigenvalue weighted by atomic mass is 16.6. The van der Waals surface area contributed by atoms with Gasteiger partial charge in [0.05, 0.1) is 77.3 Å². The molecule has 0 N–H and O–H groups in total. The van der Waals surface area contributed by atoms with E-state index in [1.165, 1.54) is 21.8 Å². The molecule has 0 radical (unpaired) electrons. The molecule has 0 saturated heterocycles. The summed E-state index contributed by atoms with van der Waals surface area (Å²) >= 11 is 0. The second-order valence-corrected chi connectivity index (χ2v) is 10.3. The molecule has 4 unspecified atom stereocenters. The molecule has 244 valence electrons. The summed E-state index contributed by atoms with van der Waals surface area (Å²) in [7, 11) is 0. The summed E-state index contributed by atoms with van der Waals surface area (Å²) in [4.78, 5) is 31.4. The van der Waals surface area contributed by atoms with Crippen molar-refractivity contribution in [3.8, 4) is 0 Å². The minimum absolute atomic E-state index is 0.00634. The number of imidazole rings is 2. The summed E-state index contributed by atoms with van der Waals surface area (Å²) in [6.45, 7) is 12.5. The number of hydrogen-bond donors (Lipinski definition) is 0. The van der Waals surface area contributed by atoms with Crippen LogP contribution in [0.15, 0.2) is 37.4 Å². The van der Waals surface area contributed by atoms with Gasteiger partial charge in [0.25, 0.3) is 0 Å². The topological polar surface area (TPSA) is 134 Å². The van der Waals surface area contributed by atoms with Crippen molar-refractivity contribution in [1.29, 1.82) is 0 Å². The van der Waals surface area contributed by atoms with Gasteiger partial charge in [-0.2, -0.15) is 0 Å². The predicted octanol–water partition coefficient (Wildman–Crippen LogP) is 3.29. The minimum atomic E-state index is -0.0810. The van der Waals surface area contributed by atoms with Crippen LogP contribution in [0.25, 0.3) is 0 Å². The van der Waals surface area contributed by atoms with Gasteiger partial charge in [-0.15, -0.1) is 0 Å². The van der Waals surface area contributed by atoms with Gasteiger partial charge in [0, 0.05) is 50.8 Å². The van der Waals surface area contributed by atoms with Crippen LogP contribution in [0.5, 0.6) is 0 Å². The zero-order valence-electron chi connectivity index (χ0n) is 26.1. The van der Waals surface area contributed by atoms with Gasteiger partial charge in [0.2, 0.25) is 11.8 Å². The highest BCUT2D eigenvalue weighted by Gasteiger charge is 2.12. The molecular formula is C30H50N4O9.